The number of hydrogen-bond donors (Lipinski definition) is 2. The van der Waals surface area contributed by atoms with Crippen LogP contribution in [0.25, 0.3) is 10.8 Å². The molecule has 4 rings (SSSR count). The van der Waals surface area contributed by atoms with Gasteiger partial charge in [0, 0.05) is 0 Å². The summed E-state index contributed by atoms with van der Waals surface area (Å²) in [5.41, 5.74) is 3.93. The first-order valence-corrected chi connectivity index (χ1v) is 22.3. The Balaban J connectivity index is 0.00000930. The minimum atomic E-state index is -5.40. The largest absolute Gasteiger partial charge is 1.00 e. The Morgan fingerprint density at radius 3 is 1.89 bits per heavy atom. The number of benzene rings is 4. The van der Waals surface area contributed by atoms with Crippen molar-refractivity contribution in [3.8, 4) is 11.5 Å². The number of anilines is 1. The van der Waals surface area contributed by atoms with E-state index in [4.69, 9.17) is 14.7 Å². The standard InChI is InChI=1S/C27H27N5O20S6.4Na/c1-46-20-7-6-18(56(38,39)10-8-47-54-52-50-35)14-19(20)30-31-25-21(53-51-49-34)12-15-13-22(57(40,41)42)26(24(28)23(15)27(25)33)32-29-16-2-4-17(5-3-16)55(36,37)11-9-48-58(43,44)45;;;;/h2-7,12-14,33-35H,8-11,28H2,1H3,(H,40,41,42)(H,43,44,45);;;;/q;4*+1/p-4. The fraction of sp³-hybridized carbons (Fsp3) is 0.185. The summed E-state index contributed by atoms with van der Waals surface area (Å²) in [6, 6.07) is 9.46. The van der Waals surface area contributed by atoms with Crippen molar-refractivity contribution in [2.24, 2.45) is 20.5 Å². The second-order valence-corrected chi connectivity index (χ2v) is 18.5. The predicted molar refractivity (Wildman–Crippen MR) is 189 cm³/mol. The maximum absolute atomic E-state index is 12.9. The zero-order valence-electron chi connectivity index (χ0n) is 32.5. The van der Waals surface area contributed by atoms with Crippen LogP contribution < -0.4 is 139 Å². The Bertz CT molecular complexity index is 2670. The molecule has 0 fully saturated rings. The third-order valence-electron chi connectivity index (χ3n) is 7.08. The van der Waals surface area contributed by atoms with Gasteiger partial charge in [0.1, 0.15) is 32.9 Å². The van der Waals surface area contributed by atoms with Crippen molar-refractivity contribution in [2.75, 3.05) is 37.6 Å². The molecule has 0 aliphatic carbocycles. The second kappa shape index (κ2) is 27.6. The van der Waals surface area contributed by atoms with Crippen LogP contribution in [0, 0.1) is 0 Å². The molecule has 316 valence electrons. The maximum atomic E-state index is 12.9. The smallest absolute Gasteiger partial charge is 0.744 e. The van der Waals surface area contributed by atoms with E-state index < -0.39 is 92.6 Å². The van der Waals surface area contributed by atoms with E-state index in [2.05, 4.69) is 43.4 Å². The van der Waals surface area contributed by atoms with Crippen LogP contribution in [-0.4, -0.2) is 79.7 Å². The number of nitrogens with zero attached hydrogens (tertiary/aromatic N) is 4. The van der Waals surface area contributed by atoms with Crippen molar-refractivity contribution in [2.45, 2.75) is 19.6 Å². The van der Waals surface area contributed by atoms with Crippen molar-refractivity contribution >= 4 is 104 Å². The number of rotatable bonds is 21. The van der Waals surface area contributed by atoms with E-state index in [-0.39, 0.29) is 185 Å². The van der Waals surface area contributed by atoms with Crippen molar-refractivity contribution < 1.29 is 208 Å². The molecule has 0 saturated carbocycles. The first-order chi connectivity index (χ1) is 27.2. The molecule has 0 radical (unpaired) electrons. The number of aromatic hydroxyl groups is 1. The molecule has 4 aromatic carbocycles. The minimum absolute atomic E-state index is 0. The number of nitrogens with two attached hydrogens (primary N) is 1. The van der Waals surface area contributed by atoms with Gasteiger partial charge in [-0.05, 0) is 60.0 Å². The number of nitrogen functional groups attached to an aromatic ring is 1. The molecule has 0 amide bonds. The topological polar surface area (TPSA) is 389 Å². The van der Waals surface area contributed by atoms with Gasteiger partial charge < -0.3 is 35.2 Å². The van der Waals surface area contributed by atoms with Gasteiger partial charge in [0.2, 0.25) is 10.4 Å². The maximum Gasteiger partial charge on any atom is 1.00 e. The van der Waals surface area contributed by atoms with Crippen molar-refractivity contribution in [1.82, 2.24) is 0 Å². The van der Waals surface area contributed by atoms with Gasteiger partial charge >= 0.3 is 118 Å². The SMILES string of the molecule is COc1ccc(S(=O)(=O)CCOSOO[O-])cc1N=Nc1c(SOO[O-])cc2cc(S(=O)(=O)[O-])c(N=Nc3ccc(S(=O)(=O)CCOS(=O)(=O)[O-])cc3)c(N)c2c1O.[Na+].[Na+].[Na+].[Na+]. The molecule has 0 aromatic heterocycles. The monoisotopic (exact) mass is 1020 g/mol. The van der Waals surface area contributed by atoms with Gasteiger partial charge in [0.25, 0.3) is 0 Å². The predicted octanol–water partition coefficient (Wildman–Crippen LogP) is -10.1. The summed E-state index contributed by atoms with van der Waals surface area (Å²) in [6.45, 7) is -1.40. The molecule has 0 aliphatic rings. The number of ether oxygens (including phenoxy) is 1. The molecule has 0 atom stereocenters. The van der Waals surface area contributed by atoms with Crippen LogP contribution in [-0.2, 0) is 67.3 Å². The van der Waals surface area contributed by atoms with Gasteiger partial charge in [-0.25, -0.2) is 33.7 Å². The number of methoxy groups -OCH3 is 1. The summed E-state index contributed by atoms with van der Waals surface area (Å²) in [5.74, 6) is -2.38. The van der Waals surface area contributed by atoms with E-state index in [1.807, 2.05) is 0 Å². The Morgan fingerprint density at radius 2 is 1.31 bits per heavy atom. The molecule has 0 aliphatic heterocycles. The molecule has 4 aromatic rings. The zero-order chi connectivity index (χ0) is 42.9. The number of hydrogen-bond acceptors (Lipinski definition) is 27. The van der Waals surface area contributed by atoms with Crippen LogP contribution in [0.3, 0.4) is 0 Å². The molecule has 0 spiro atoms. The number of azo groups is 2. The molecule has 0 saturated heterocycles. The van der Waals surface area contributed by atoms with E-state index in [1.54, 1.807) is 0 Å². The third-order valence-corrected chi connectivity index (χ3v) is 12.7. The number of phenolic OH excluding ortho intramolecular Hbond substituents is 1. The second-order valence-electron chi connectivity index (χ2n) is 10.6. The Hall–Kier alpha value is -0.160. The normalized spacial score (nSPS) is 12.1. The average Bonchev–Trinajstić information content (AvgIpc) is 3.15. The fourth-order valence-electron chi connectivity index (χ4n) is 4.58. The van der Waals surface area contributed by atoms with Gasteiger partial charge in [-0.15, -0.1) is 19.7 Å². The van der Waals surface area contributed by atoms with Gasteiger partial charge in [-0.2, -0.15) is 9.45 Å². The van der Waals surface area contributed by atoms with Crippen LogP contribution in [0.5, 0.6) is 11.5 Å². The number of phenols is 1. The number of sulfone groups is 2. The fourth-order valence-corrected chi connectivity index (χ4v) is 8.64. The molecule has 25 nitrogen and oxygen atoms in total. The van der Waals surface area contributed by atoms with Crippen LogP contribution in [0.15, 0.2) is 94.6 Å². The Morgan fingerprint density at radius 1 is 0.726 bits per heavy atom. The minimum Gasteiger partial charge on any atom is -0.744 e. The Labute approximate surface area is 449 Å². The van der Waals surface area contributed by atoms with E-state index in [0.717, 1.165) is 42.5 Å². The number of fused-ring (bicyclic) bond motifs is 1. The molecule has 3 N–H and O–H groups in total. The van der Waals surface area contributed by atoms with Crippen LogP contribution in [0.2, 0.25) is 0 Å². The first-order valence-electron chi connectivity index (χ1n) is 14.9. The molecular weight excluding hydrogens is 999 g/mol. The molecule has 0 bridgehead atoms. The van der Waals surface area contributed by atoms with E-state index in [9.17, 15) is 58.4 Å². The van der Waals surface area contributed by atoms with Crippen LogP contribution in [0.1, 0.15) is 0 Å². The summed E-state index contributed by atoms with van der Waals surface area (Å²) in [7, 11) is -17.6. The molecule has 0 unspecified atom stereocenters. The summed E-state index contributed by atoms with van der Waals surface area (Å²) in [5, 5.41) is 53.3. The van der Waals surface area contributed by atoms with Gasteiger partial charge in [-0.3, -0.25) is 18.4 Å². The van der Waals surface area contributed by atoms with Gasteiger partial charge in [-0.1, -0.05) is 0 Å². The average molecular weight is 1020 g/mol. The zero-order valence-corrected chi connectivity index (χ0v) is 45.4. The van der Waals surface area contributed by atoms with E-state index in [1.165, 1.54) is 19.2 Å². The van der Waals surface area contributed by atoms with Crippen LogP contribution in [0.4, 0.5) is 28.4 Å². The first kappa shape index (κ1) is 61.8. The summed E-state index contributed by atoms with van der Waals surface area (Å²) < 4.78 is 142. The molecule has 62 heavy (non-hydrogen) atoms. The quantitative estimate of drug-likeness (QED) is 0.00900. The van der Waals surface area contributed by atoms with Crippen LogP contribution >= 0.6 is 24.4 Å². The third kappa shape index (κ3) is 17.5. The molecule has 0 heterocycles. The van der Waals surface area contributed by atoms with Crippen molar-refractivity contribution in [3.05, 3.63) is 54.6 Å². The van der Waals surface area contributed by atoms with Crippen molar-refractivity contribution in [1.29, 1.82) is 0 Å². The van der Waals surface area contributed by atoms with E-state index in [0.29, 0.717) is 0 Å². The summed E-state index contributed by atoms with van der Waals surface area (Å²) in [6.07, 6.45) is 0. The van der Waals surface area contributed by atoms with Crippen molar-refractivity contribution in [3.63, 3.8) is 0 Å². The summed E-state index contributed by atoms with van der Waals surface area (Å²) in [4.78, 5) is -1.99. The van der Waals surface area contributed by atoms with E-state index >= 15 is 0 Å². The summed E-state index contributed by atoms with van der Waals surface area (Å²) >= 11 is 0.249. The van der Waals surface area contributed by atoms with Gasteiger partial charge in [0.05, 0.1) is 80.2 Å². The molecular formula is C27H23N5Na4O20S6. The van der Waals surface area contributed by atoms with Gasteiger partial charge in [0.15, 0.2) is 37.7 Å². The Kier molecular flexibility index (Phi) is 27.5. The molecule has 35 heteroatoms.